The second-order valence-electron chi connectivity index (χ2n) is 7.54. The summed E-state index contributed by atoms with van der Waals surface area (Å²) in [6, 6.07) is 22.9. The van der Waals surface area contributed by atoms with Crippen LogP contribution in [-0.2, 0) is 29.0 Å². The molecule has 0 aliphatic heterocycles. The molecule has 3 aromatic rings. The van der Waals surface area contributed by atoms with Crippen LogP contribution in [0.3, 0.4) is 0 Å². The standard InChI is InChI=1S/C26H27FN2O2/c1-19-10-6-7-14-22(19)18-29(25(30)17-21-13-8-9-15-23(21)27)24(26(31)28-2)16-20-11-4-3-5-12-20/h3-15,24H,16-18H2,1-2H3,(H,28,31). The predicted molar refractivity (Wildman–Crippen MR) is 120 cm³/mol. The monoisotopic (exact) mass is 418 g/mol. The van der Waals surface area contributed by atoms with Crippen molar-refractivity contribution < 1.29 is 14.0 Å². The summed E-state index contributed by atoms with van der Waals surface area (Å²) in [7, 11) is 1.56. The van der Waals surface area contributed by atoms with Gasteiger partial charge in [0.1, 0.15) is 11.9 Å². The van der Waals surface area contributed by atoms with E-state index in [1.54, 1.807) is 30.1 Å². The number of carbonyl (C=O) groups excluding carboxylic acids is 2. The molecule has 0 radical (unpaired) electrons. The van der Waals surface area contributed by atoms with Gasteiger partial charge in [-0.2, -0.15) is 0 Å². The van der Waals surface area contributed by atoms with E-state index >= 15 is 0 Å². The molecule has 0 heterocycles. The largest absolute Gasteiger partial charge is 0.357 e. The van der Waals surface area contributed by atoms with E-state index in [-0.39, 0.29) is 24.8 Å². The normalized spacial score (nSPS) is 11.6. The summed E-state index contributed by atoms with van der Waals surface area (Å²) in [5.74, 6) is -0.969. The van der Waals surface area contributed by atoms with E-state index in [1.165, 1.54) is 6.07 Å². The number of hydrogen-bond acceptors (Lipinski definition) is 2. The van der Waals surface area contributed by atoms with Gasteiger partial charge in [0, 0.05) is 20.0 Å². The molecule has 0 saturated heterocycles. The highest BCUT2D eigenvalue weighted by atomic mass is 19.1. The van der Waals surface area contributed by atoms with Crippen molar-refractivity contribution in [2.45, 2.75) is 32.4 Å². The highest BCUT2D eigenvalue weighted by Gasteiger charge is 2.30. The van der Waals surface area contributed by atoms with Crippen LogP contribution >= 0.6 is 0 Å². The quantitative estimate of drug-likeness (QED) is 0.600. The Labute approximate surface area is 182 Å². The van der Waals surface area contributed by atoms with Crippen LogP contribution in [0.4, 0.5) is 4.39 Å². The number of aryl methyl sites for hydroxylation is 1. The molecule has 3 rings (SSSR count). The Hall–Kier alpha value is -3.47. The first kappa shape index (κ1) is 22.2. The molecule has 1 N–H and O–H groups in total. The van der Waals surface area contributed by atoms with E-state index in [1.807, 2.05) is 61.5 Å². The second-order valence-corrected chi connectivity index (χ2v) is 7.54. The fourth-order valence-corrected chi connectivity index (χ4v) is 3.60. The average Bonchev–Trinajstić information content (AvgIpc) is 2.79. The first-order chi connectivity index (χ1) is 15.0. The number of carbonyl (C=O) groups is 2. The number of amides is 2. The topological polar surface area (TPSA) is 49.4 Å². The van der Waals surface area contributed by atoms with Crippen LogP contribution in [-0.4, -0.2) is 29.8 Å². The Morgan fingerprint density at radius 3 is 2.16 bits per heavy atom. The van der Waals surface area contributed by atoms with Gasteiger partial charge in [0.25, 0.3) is 0 Å². The maximum atomic E-state index is 14.2. The third-order valence-corrected chi connectivity index (χ3v) is 5.42. The average molecular weight is 419 g/mol. The Kier molecular flexibility index (Phi) is 7.55. The minimum Gasteiger partial charge on any atom is -0.357 e. The Bertz CT molecular complexity index is 1040. The molecule has 1 atom stereocenters. The molecule has 31 heavy (non-hydrogen) atoms. The number of rotatable bonds is 8. The molecule has 0 fully saturated rings. The van der Waals surface area contributed by atoms with Gasteiger partial charge in [0.2, 0.25) is 11.8 Å². The molecule has 0 aliphatic carbocycles. The highest BCUT2D eigenvalue weighted by Crippen LogP contribution is 2.19. The van der Waals surface area contributed by atoms with E-state index in [0.29, 0.717) is 12.0 Å². The fourth-order valence-electron chi connectivity index (χ4n) is 3.60. The lowest BCUT2D eigenvalue weighted by molar-refractivity contribution is -0.140. The van der Waals surface area contributed by atoms with Gasteiger partial charge in [-0.1, -0.05) is 72.8 Å². The van der Waals surface area contributed by atoms with Gasteiger partial charge in [0.05, 0.1) is 6.42 Å². The van der Waals surface area contributed by atoms with Crippen LogP contribution in [0.5, 0.6) is 0 Å². The van der Waals surface area contributed by atoms with E-state index in [4.69, 9.17) is 0 Å². The molecular formula is C26H27FN2O2. The lowest BCUT2D eigenvalue weighted by Gasteiger charge is -2.31. The van der Waals surface area contributed by atoms with Crippen LogP contribution < -0.4 is 5.32 Å². The summed E-state index contributed by atoms with van der Waals surface area (Å²) in [5.41, 5.74) is 3.25. The van der Waals surface area contributed by atoms with Crippen molar-refractivity contribution in [3.8, 4) is 0 Å². The smallest absolute Gasteiger partial charge is 0.242 e. The number of likely N-dealkylation sites (N-methyl/N-ethyl adjacent to an activating group) is 1. The summed E-state index contributed by atoms with van der Waals surface area (Å²) in [5, 5.41) is 2.69. The molecule has 0 spiro atoms. The Morgan fingerprint density at radius 2 is 1.52 bits per heavy atom. The summed E-state index contributed by atoms with van der Waals surface area (Å²) in [4.78, 5) is 27.9. The van der Waals surface area contributed by atoms with Crippen LogP contribution in [0.25, 0.3) is 0 Å². The molecule has 160 valence electrons. The number of nitrogens with zero attached hydrogens (tertiary/aromatic N) is 1. The fraction of sp³-hybridized carbons (Fsp3) is 0.231. The Balaban J connectivity index is 1.97. The first-order valence-electron chi connectivity index (χ1n) is 10.3. The Morgan fingerprint density at radius 1 is 0.903 bits per heavy atom. The molecule has 5 heteroatoms. The van der Waals surface area contributed by atoms with Crippen molar-refractivity contribution in [1.29, 1.82) is 0 Å². The van der Waals surface area contributed by atoms with Crippen LogP contribution in [0.2, 0.25) is 0 Å². The van der Waals surface area contributed by atoms with Gasteiger partial charge in [-0.15, -0.1) is 0 Å². The molecule has 2 amide bonds. The van der Waals surface area contributed by atoms with E-state index in [2.05, 4.69) is 5.32 Å². The van der Waals surface area contributed by atoms with E-state index in [0.717, 1.165) is 16.7 Å². The van der Waals surface area contributed by atoms with Crippen molar-refractivity contribution >= 4 is 11.8 Å². The summed E-state index contributed by atoms with van der Waals surface area (Å²) < 4.78 is 14.2. The van der Waals surface area contributed by atoms with Crippen LogP contribution in [0, 0.1) is 12.7 Å². The number of halogens is 1. The molecule has 0 aliphatic rings. The van der Waals surface area contributed by atoms with Crippen molar-refractivity contribution in [1.82, 2.24) is 10.2 Å². The maximum absolute atomic E-state index is 14.2. The maximum Gasteiger partial charge on any atom is 0.242 e. The van der Waals surface area contributed by atoms with Crippen molar-refractivity contribution in [2.75, 3.05) is 7.05 Å². The molecular weight excluding hydrogens is 391 g/mol. The number of hydrogen-bond donors (Lipinski definition) is 1. The van der Waals surface area contributed by atoms with Gasteiger partial charge >= 0.3 is 0 Å². The van der Waals surface area contributed by atoms with Gasteiger partial charge < -0.3 is 10.2 Å². The van der Waals surface area contributed by atoms with Crippen molar-refractivity contribution in [3.05, 3.63) is 107 Å². The zero-order valence-corrected chi connectivity index (χ0v) is 17.8. The minimum atomic E-state index is -0.716. The third-order valence-electron chi connectivity index (χ3n) is 5.42. The molecule has 1 unspecified atom stereocenters. The predicted octanol–water partition coefficient (Wildman–Crippen LogP) is 4.06. The zero-order chi connectivity index (χ0) is 22.2. The number of benzene rings is 3. The van der Waals surface area contributed by atoms with Gasteiger partial charge in [-0.3, -0.25) is 9.59 Å². The molecule has 0 saturated carbocycles. The summed E-state index contributed by atoms with van der Waals surface area (Å²) >= 11 is 0. The minimum absolute atomic E-state index is 0.110. The molecule has 4 nitrogen and oxygen atoms in total. The third kappa shape index (κ3) is 5.79. The lowest BCUT2D eigenvalue weighted by Crippen LogP contribution is -2.50. The van der Waals surface area contributed by atoms with Crippen LogP contribution in [0.1, 0.15) is 22.3 Å². The SMILES string of the molecule is CNC(=O)C(Cc1ccccc1)N(Cc1ccccc1C)C(=O)Cc1ccccc1F. The zero-order valence-electron chi connectivity index (χ0n) is 17.8. The second kappa shape index (κ2) is 10.5. The van der Waals surface area contributed by atoms with E-state index in [9.17, 15) is 14.0 Å². The number of nitrogens with one attached hydrogen (secondary N) is 1. The van der Waals surface area contributed by atoms with Crippen molar-refractivity contribution in [3.63, 3.8) is 0 Å². The van der Waals surface area contributed by atoms with Crippen LogP contribution in [0.15, 0.2) is 78.9 Å². The summed E-state index contributed by atoms with van der Waals surface area (Å²) in [6.45, 7) is 2.24. The lowest BCUT2D eigenvalue weighted by atomic mass is 10.0. The van der Waals surface area contributed by atoms with Gasteiger partial charge in [-0.25, -0.2) is 4.39 Å². The molecule has 0 bridgehead atoms. The van der Waals surface area contributed by atoms with E-state index < -0.39 is 11.9 Å². The van der Waals surface area contributed by atoms with Gasteiger partial charge in [0.15, 0.2) is 0 Å². The summed E-state index contributed by atoms with van der Waals surface area (Å²) in [6.07, 6.45) is 0.260. The molecule has 3 aromatic carbocycles. The highest BCUT2D eigenvalue weighted by molar-refractivity contribution is 5.88. The van der Waals surface area contributed by atoms with Crippen molar-refractivity contribution in [2.24, 2.45) is 0 Å². The van der Waals surface area contributed by atoms with Gasteiger partial charge in [-0.05, 0) is 35.2 Å². The first-order valence-corrected chi connectivity index (χ1v) is 10.3. The molecule has 0 aromatic heterocycles.